The Bertz CT molecular complexity index is 874. The Balaban J connectivity index is 2.04. The lowest BCUT2D eigenvalue weighted by molar-refractivity contribution is 0.539. The lowest BCUT2D eigenvalue weighted by Crippen LogP contribution is -2.42. The van der Waals surface area contributed by atoms with Gasteiger partial charge in [0, 0.05) is 16.8 Å². The molecule has 4 nitrogen and oxygen atoms in total. The zero-order chi connectivity index (χ0) is 19.1. The number of halogens is 1. The number of benzene rings is 2. The minimum absolute atomic E-state index is 0.0821. The largest absolute Gasteiger partial charge is 0.598 e. The summed E-state index contributed by atoms with van der Waals surface area (Å²) in [6.07, 6.45) is 0.703. The van der Waals surface area contributed by atoms with Crippen molar-refractivity contribution in [1.82, 2.24) is 4.72 Å². The topological polar surface area (TPSA) is 84.9 Å². The smallest absolute Gasteiger partial charge is 0.146 e. The van der Waals surface area contributed by atoms with Crippen LogP contribution in [0.25, 0.3) is 0 Å². The molecular formula is C20H22FN3OS. The third kappa shape index (κ3) is 3.30. The van der Waals surface area contributed by atoms with Crippen LogP contribution in [0.15, 0.2) is 42.5 Å². The molecule has 1 aliphatic carbocycles. The van der Waals surface area contributed by atoms with E-state index in [4.69, 9.17) is 5.73 Å². The Morgan fingerprint density at radius 2 is 1.96 bits per heavy atom. The first kappa shape index (κ1) is 18.7. The van der Waals surface area contributed by atoms with E-state index in [1.165, 1.54) is 6.07 Å². The second-order valence-electron chi connectivity index (χ2n) is 7.66. The van der Waals surface area contributed by atoms with Crippen molar-refractivity contribution >= 4 is 17.0 Å². The van der Waals surface area contributed by atoms with Crippen molar-refractivity contribution in [1.29, 1.82) is 5.26 Å². The van der Waals surface area contributed by atoms with Gasteiger partial charge >= 0.3 is 0 Å². The maximum atomic E-state index is 13.7. The second-order valence-corrected chi connectivity index (χ2v) is 9.65. The number of nitrogens with zero attached hydrogens (tertiary/aromatic N) is 1. The SMILES string of the molecule is CC(C)(C)[S+]([O-])NC1CC1(c1cccc(C#N)c1)c1ccc(F)c(N)c1. The van der Waals surface area contributed by atoms with Crippen LogP contribution in [0.3, 0.4) is 0 Å². The minimum Gasteiger partial charge on any atom is -0.598 e. The Morgan fingerprint density at radius 1 is 1.27 bits per heavy atom. The summed E-state index contributed by atoms with van der Waals surface area (Å²) in [5.74, 6) is -0.460. The van der Waals surface area contributed by atoms with E-state index < -0.39 is 27.3 Å². The van der Waals surface area contributed by atoms with Crippen molar-refractivity contribution in [2.45, 2.75) is 43.4 Å². The van der Waals surface area contributed by atoms with E-state index in [1.807, 2.05) is 39.0 Å². The first-order valence-corrected chi connectivity index (χ1v) is 9.57. The van der Waals surface area contributed by atoms with E-state index in [-0.39, 0.29) is 11.7 Å². The summed E-state index contributed by atoms with van der Waals surface area (Å²) in [5.41, 5.74) is 7.74. The summed E-state index contributed by atoms with van der Waals surface area (Å²) in [4.78, 5) is 0. The summed E-state index contributed by atoms with van der Waals surface area (Å²) < 4.78 is 29.0. The van der Waals surface area contributed by atoms with Crippen molar-refractivity contribution in [2.75, 3.05) is 5.73 Å². The number of rotatable bonds is 4. The van der Waals surface area contributed by atoms with E-state index in [9.17, 15) is 14.2 Å². The summed E-state index contributed by atoms with van der Waals surface area (Å²) in [6, 6.07) is 14.1. The van der Waals surface area contributed by atoms with Crippen LogP contribution in [0, 0.1) is 17.1 Å². The van der Waals surface area contributed by atoms with E-state index in [2.05, 4.69) is 10.8 Å². The Hall–Kier alpha value is -2.07. The highest BCUT2D eigenvalue weighted by Crippen LogP contribution is 2.54. The molecule has 136 valence electrons. The van der Waals surface area contributed by atoms with Gasteiger partial charge in [-0.1, -0.05) is 18.2 Å². The quantitative estimate of drug-likeness (QED) is 0.637. The molecule has 3 rings (SSSR count). The molecule has 0 spiro atoms. The summed E-state index contributed by atoms with van der Waals surface area (Å²) >= 11 is -1.24. The standard InChI is InChI=1S/C20H22FN3OS/c1-19(2,3)26(25)24-18-11-20(18,14-6-4-5-13(9-14)12-22)15-7-8-16(21)17(23)10-15/h4-10,18,24H,11,23H2,1-3H3. The molecule has 0 aromatic heterocycles. The summed E-state index contributed by atoms with van der Waals surface area (Å²) in [7, 11) is 0. The fraction of sp³-hybridized carbons (Fsp3) is 0.350. The van der Waals surface area contributed by atoms with Crippen LogP contribution in [0.1, 0.15) is 43.9 Å². The maximum absolute atomic E-state index is 13.7. The molecule has 26 heavy (non-hydrogen) atoms. The second kappa shape index (κ2) is 6.58. The van der Waals surface area contributed by atoms with Crippen LogP contribution >= 0.6 is 0 Å². The third-order valence-electron chi connectivity index (χ3n) is 4.78. The van der Waals surface area contributed by atoms with Crippen LogP contribution in [0.5, 0.6) is 0 Å². The number of hydrogen-bond donors (Lipinski definition) is 2. The first-order chi connectivity index (χ1) is 12.2. The molecule has 3 unspecified atom stereocenters. The van der Waals surface area contributed by atoms with Crippen LogP contribution in [-0.4, -0.2) is 15.3 Å². The highest BCUT2D eigenvalue weighted by atomic mass is 32.2. The zero-order valence-electron chi connectivity index (χ0n) is 15.0. The van der Waals surface area contributed by atoms with Gasteiger partial charge in [-0.3, -0.25) is 0 Å². The Morgan fingerprint density at radius 3 is 2.58 bits per heavy atom. The van der Waals surface area contributed by atoms with Gasteiger partial charge in [0.15, 0.2) is 0 Å². The fourth-order valence-electron chi connectivity index (χ4n) is 3.20. The van der Waals surface area contributed by atoms with Gasteiger partial charge in [0.05, 0.1) is 23.4 Å². The summed E-state index contributed by atoms with van der Waals surface area (Å²) in [6.45, 7) is 5.73. The molecule has 1 saturated carbocycles. The Labute approximate surface area is 156 Å². The molecule has 0 radical (unpaired) electrons. The molecule has 0 bridgehead atoms. The molecular weight excluding hydrogens is 349 g/mol. The summed E-state index contributed by atoms with van der Waals surface area (Å²) in [5, 5.41) is 9.23. The molecule has 3 N–H and O–H groups in total. The molecule has 2 aromatic rings. The van der Waals surface area contributed by atoms with Gasteiger partial charge < -0.3 is 10.3 Å². The average Bonchev–Trinajstić information content (AvgIpc) is 3.31. The van der Waals surface area contributed by atoms with Gasteiger partial charge in [0.2, 0.25) is 0 Å². The Kier molecular flexibility index (Phi) is 4.74. The number of hydrogen-bond acceptors (Lipinski definition) is 4. The van der Waals surface area contributed by atoms with Crippen LogP contribution < -0.4 is 10.5 Å². The molecule has 0 saturated heterocycles. The molecule has 1 fully saturated rings. The van der Waals surface area contributed by atoms with Gasteiger partial charge in [-0.25, -0.2) is 4.39 Å². The van der Waals surface area contributed by atoms with Gasteiger partial charge in [0.25, 0.3) is 0 Å². The highest BCUT2D eigenvalue weighted by molar-refractivity contribution is 7.90. The first-order valence-electron chi connectivity index (χ1n) is 8.42. The van der Waals surface area contributed by atoms with Crippen LogP contribution in [-0.2, 0) is 16.8 Å². The average molecular weight is 371 g/mol. The van der Waals surface area contributed by atoms with Gasteiger partial charge in [-0.05, 0) is 62.6 Å². The maximum Gasteiger partial charge on any atom is 0.146 e. The number of nitrogen functional groups attached to an aromatic ring is 1. The van der Waals surface area contributed by atoms with E-state index in [0.29, 0.717) is 12.0 Å². The van der Waals surface area contributed by atoms with E-state index in [0.717, 1.165) is 11.1 Å². The van der Waals surface area contributed by atoms with Gasteiger partial charge in [0.1, 0.15) is 10.6 Å². The van der Waals surface area contributed by atoms with E-state index in [1.54, 1.807) is 18.2 Å². The molecule has 0 amide bonds. The van der Waals surface area contributed by atoms with Gasteiger partial charge in [-0.2, -0.15) is 5.26 Å². The third-order valence-corrected chi connectivity index (χ3v) is 6.40. The van der Waals surface area contributed by atoms with Crippen molar-refractivity contribution in [2.24, 2.45) is 0 Å². The van der Waals surface area contributed by atoms with Crippen molar-refractivity contribution < 1.29 is 8.94 Å². The number of nitrogens with two attached hydrogens (primary N) is 1. The van der Waals surface area contributed by atoms with Crippen molar-refractivity contribution in [3.8, 4) is 6.07 Å². The predicted octanol–water partition coefficient (Wildman–Crippen LogP) is 3.39. The number of nitriles is 1. The lowest BCUT2D eigenvalue weighted by atomic mass is 9.86. The number of nitrogens with one attached hydrogen (secondary N) is 1. The molecule has 0 aliphatic heterocycles. The zero-order valence-corrected chi connectivity index (χ0v) is 15.9. The van der Waals surface area contributed by atoms with Gasteiger partial charge in [-0.15, -0.1) is 4.72 Å². The lowest BCUT2D eigenvalue weighted by Gasteiger charge is -2.26. The molecule has 2 aromatic carbocycles. The highest BCUT2D eigenvalue weighted by Gasteiger charge is 2.59. The normalized spacial score (nSPS) is 23.3. The molecule has 6 heteroatoms. The van der Waals surface area contributed by atoms with Crippen molar-refractivity contribution in [3.63, 3.8) is 0 Å². The predicted molar refractivity (Wildman–Crippen MR) is 102 cm³/mol. The fourth-order valence-corrected chi connectivity index (χ4v) is 4.10. The molecule has 0 heterocycles. The minimum atomic E-state index is -1.24. The van der Waals surface area contributed by atoms with Crippen LogP contribution in [0.4, 0.5) is 10.1 Å². The van der Waals surface area contributed by atoms with Crippen LogP contribution in [0.2, 0.25) is 0 Å². The molecule has 1 aliphatic rings. The van der Waals surface area contributed by atoms with E-state index >= 15 is 0 Å². The molecule has 3 atom stereocenters. The van der Waals surface area contributed by atoms with Crippen molar-refractivity contribution in [3.05, 3.63) is 65.0 Å². The number of anilines is 1. The monoisotopic (exact) mass is 371 g/mol.